The number of hydrogen-bond acceptors (Lipinski definition) is 3. The molecule has 0 fully saturated rings. The quantitative estimate of drug-likeness (QED) is 0.600. The normalized spacial score (nSPS) is 24.6. The van der Waals surface area contributed by atoms with Crippen LogP contribution in [0.2, 0.25) is 0 Å². The predicted molar refractivity (Wildman–Crippen MR) is 94.3 cm³/mol. The second-order valence-electron chi connectivity index (χ2n) is 5.82. The van der Waals surface area contributed by atoms with Crippen LogP contribution in [0.3, 0.4) is 0 Å². The molecule has 1 rings (SSSR count). The highest BCUT2D eigenvalue weighted by Crippen LogP contribution is 2.24. The maximum atomic E-state index is 10.8. The molecule has 0 amide bonds. The van der Waals surface area contributed by atoms with Crippen LogP contribution >= 0.6 is 0 Å². The van der Waals surface area contributed by atoms with Crippen molar-refractivity contribution in [1.29, 1.82) is 0 Å². The fraction of sp³-hybridized carbons (Fsp3) is 0.526. The first kappa shape index (κ1) is 18.3. The van der Waals surface area contributed by atoms with Gasteiger partial charge in [0.2, 0.25) is 0 Å². The summed E-state index contributed by atoms with van der Waals surface area (Å²) < 4.78 is 0. The molecular formula is C19H28N2O. The molecule has 22 heavy (non-hydrogen) atoms. The first-order chi connectivity index (χ1) is 10.3. The summed E-state index contributed by atoms with van der Waals surface area (Å²) in [7, 11) is 0. The highest BCUT2D eigenvalue weighted by atomic mass is 16.3. The molecule has 0 saturated heterocycles. The minimum absolute atomic E-state index is 0.241. The Morgan fingerprint density at radius 3 is 2.68 bits per heavy atom. The third-order valence-corrected chi connectivity index (χ3v) is 4.07. The molecule has 0 bridgehead atoms. The maximum absolute atomic E-state index is 10.8. The van der Waals surface area contributed by atoms with Gasteiger partial charge in [-0.05, 0) is 32.3 Å². The number of nitrogens with zero attached hydrogens (tertiary/aromatic N) is 1. The van der Waals surface area contributed by atoms with Gasteiger partial charge >= 0.3 is 0 Å². The molecule has 1 atom stereocenters. The Labute approximate surface area is 134 Å². The third-order valence-electron chi connectivity index (χ3n) is 4.07. The van der Waals surface area contributed by atoms with E-state index in [1.165, 1.54) is 0 Å². The van der Waals surface area contributed by atoms with Crippen LogP contribution in [-0.2, 0) is 0 Å². The second kappa shape index (κ2) is 8.00. The van der Waals surface area contributed by atoms with Gasteiger partial charge in [-0.3, -0.25) is 4.99 Å². The van der Waals surface area contributed by atoms with E-state index in [0.717, 1.165) is 24.1 Å². The molecule has 0 spiro atoms. The van der Waals surface area contributed by atoms with Gasteiger partial charge in [0.25, 0.3) is 0 Å². The summed E-state index contributed by atoms with van der Waals surface area (Å²) in [5.74, 6) is 6.61. The second-order valence-corrected chi connectivity index (χ2v) is 5.82. The lowest BCUT2D eigenvalue weighted by atomic mass is 9.89. The van der Waals surface area contributed by atoms with E-state index in [-0.39, 0.29) is 5.92 Å². The molecule has 120 valence electrons. The number of nitrogens with two attached hydrogens (primary N) is 1. The van der Waals surface area contributed by atoms with Crippen molar-refractivity contribution in [1.82, 2.24) is 0 Å². The van der Waals surface area contributed by atoms with Gasteiger partial charge in [-0.1, -0.05) is 38.5 Å². The lowest BCUT2D eigenvalue weighted by molar-refractivity contribution is 0.104. The van der Waals surface area contributed by atoms with Crippen LogP contribution in [0.4, 0.5) is 0 Å². The summed E-state index contributed by atoms with van der Waals surface area (Å²) in [4.78, 5) is 4.70. The van der Waals surface area contributed by atoms with Crippen molar-refractivity contribution in [2.75, 3.05) is 0 Å². The van der Waals surface area contributed by atoms with Gasteiger partial charge in [-0.15, -0.1) is 5.92 Å². The molecule has 3 N–H and O–H groups in total. The van der Waals surface area contributed by atoms with Crippen molar-refractivity contribution in [2.45, 2.75) is 59.0 Å². The molecular weight excluding hydrogens is 272 g/mol. The standard InChI is InChI=1S/C19H28N2O/c1-6-19(22,7-2)18(16(5)20)21-17-11-9-8-10-14(3)12-13-15(17)4/h12-14,22H,5-7,9,11,20H2,1-4H3/b13-12-,17-15+,21-18+. The molecule has 0 saturated carbocycles. The van der Waals surface area contributed by atoms with Crippen molar-refractivity contribution < 1.29 is 5.11 Å². The summed E-state index contributed by atoms with van der Waals surface area (Å²) in [6.45, 7) is 11.8. The number of rotatable bonds is 5. The molecule has 0 heterocycles. The summed E-state index contributed by atoms with van der Waals surface area (Å²) in [6, 6.07) is 0. The zero-order valence-corrected chi connectivity index (χ0v) is 14.2. The lowest BCUT2D eigenvalue weighted by Crippen LogP contribution is -2.40. The van der Waals surface area contributed by atoms with Gasteiger partial charge in [0.15, 0.2) is 0 Å². The van der Waals surface area contributed by atoms with E-state index in [9.17, 15) is 5.11 Å². The number of hydrogen-bond donors (Lipinski definition) is 2. The van der Waals surface area contributed by atoms with Crippen LogP contribution in [0.15, 0.2) is 40.7 Å². The average Bonchev–Trinajstić information content (AvgIpc) is 2.57. The predicted octanol–water partition coefficient (Wildman–Crippen LogP) is 3.71. The molecule has 1 unspecified atom stereocenters. The molecule has 0 aromatic rings. The fourth-order valence-corrected chi connectivity index (χ4v) is 2.38. The Morgan fingerprint density at radius 1 is 1.50 bits per heavy atom. The average molecular weight is 300 g/mol. The fourth-order valence-electron chi connectivity index (χ4n) is 2.38. The van der Waals surface area contributed by atoms with E-state index in [1.807, 2.05) is 20.8 Å². The Morgan fingerprint density at radius 2 is 2.14 bits per heavy atom. The maximum Gasteiger partial charge on any atom is 0.108 e. The van der Waals surface area contributed by atoms with Crippen molar-refractivity contribution in [3.8, 4) is 11.8 Å². The van der Waals surface area contributed by atoms with Crippen LogP contribution in [-0.4, -0.2) is 16.4 Å². The van der Waals surface area contributed by atoms with Crippen LogP contribution in [0.1, 0.15) is 53.4 Å². The van der Waals surface area contributed by atoms with Gasteiger partial charge in [0, 0.05) is 30.2 Å². The summed E-state index contributed by atoms with van der Waals surface area (Å²) in [5, 5.41) is 10.8. The van der Waals surface area contributed by atoms with Gasteiger partial charge in [-0.2, -0.15) is 0 Å². The number of aliphatic imine (C=N–C) groups is 1. The molecule has 1 aliphatic rings. The van der Waals surface area contributed by atoms with E-state index in [1.54, 1.807) is 0 Å². The number of allylic oxidation sites excluding steroid dienone is 4. The van der Waals surface area contributed by atoms with Gasteiger partial charge in [0.1, 0.15) is 5.60 Å². The van der Waals surface area contributed by atoms with Crippen molar-refractivity contribution in [3.05, 3.63) is 35.7 Å². The van der Waals surface area contributed by atoms with Crippen LogP contribution in [0, 0.1) is 17.8 Å². The third kappa shape index (κ3) is 4.61. The van der Waals surface area contributed by atoms with E-state index in [4.69, 9.17) is 10.7 Å². The van der Waals surface area contributed by atoms with Crippen LogP contribution in [0.25, 0.3) is 0 Å². The Kier molecular flexibility index (Phi) is 6.64. The minimum atomic E-state index is -1.03. The molecule has 0 radical (unpaired) electrons. The SMILES string of the molecule is C=C(N)\C(=N/C1=C(C)/C=C\C(C)C#CCC1)C(O)(CC)CC. The van der Waals surface area contributed by atoms with E-state index in [0.29, 0.717) is 24.3 Å². The monoisotopic (exact) mass is 300 g/mol. The highest BCUT2D eigenvalue weighted by Gasteiger charge is 2.30. The Bertz CT molecular complexity index is 566. The zero-order valence-electron chi connectivity index (χ0n) is 14.2. The van der Waals surface area contributed by atoms with E-state index < -0.39 is 5.60 Å². The van der Waals surface area contributed by atoms with Gasteiger partial charge < -0.3 is 10.8 Å². The molecule has 0 aliphatic heterocycles. The molecule has 0 aromatic carbocycles. The molecule has 3 heteroatoms. The first-order valence-corrected chi connectivity index (χ1v) is 7.96. The molecule has 0 aromatic heterocycles. The zero-order chi connectivity index (χ0) is 16.8. The largest absolute Gasteiger partial charge is 0.398 e. The summed E-state index contributed by atoms with van der Waals surface area (Å²) in [6.07, 6.45) is 6.73. The highest BCUT2D eigenvalue weighted by molar-refractivity contribution is 6.05. The van der Waals surface area contributed by atoms with Gasteiger partial charge in [0.05, 0.1) is 5.71 Å². The smallest absolute Gasteiger partial charge is 0.108 e. The topological polar surface area (TPSA) is 58.6 Å². The number of aliphatic hydroxyl groups is 1. The van der Waals surface area contributed by atoms with Crippen molar-refractivity contribution >= 4 is 5.71 Å². The lowest BCUT2D eigenvalue weighted by Gasteiger charge is -2.27. The van der Waals surface area contributed by atoms with E-state index >= 15 is 0 Å². The Hall–Kier alpha value is -1.79. The molecule has 1 aliphatic carbocycles. The summed E-state index contributed by atoms with van der Waals surface area (Å²) in [5.41, 5.74) is 7.69. The van der Waals surface area contributed by atoms with Gasteiger partial charge in [-0.25, -0.2) is 0 Å². The molecule has 3 nitrogen and oxygen atoms in total. The first-order valence-electron chi connectivity index (χ1n) is 7.96. The van der Waals surface area contributed by atoms with Crippen molar-refractivity contribution in [3.63, 3.8) is 0 Å². The Balaban J connectivity index is 3.32. The summed E-state index contributed by atoms with van der Waals surface area (Å²) >= 11 is 0. The van der Waals surface area contributed by atoms with Crippen LogP contribution < -0.4 is 5.73 Å². The van der Waals surface area contributed by atoms with E-state index in [2.05, 4.69) is 37.5 Å². The van der Waals surface area contributed by atoms with Crippen LogP contribution in [0.5, 0.6) is 0 Å². The van der Waals surface area contributed by atoms with Crippen molar-refractivity contribution in [2.24, 2.45) is 16.6 Å². The minimum Gasteiger partial charge on any atom is -0.398 e.